The van der Waals surface area contributed by atoms with Crippen molar-refractivity contribution in [2.75, 3.05) is 12.3 Å². The molecule has 12 nitrogen and oxygen atoms in total. The lowest BCUT2D eigenvalue weighted by atomic mass is 10.1. The summed E-state index contributed by atoms with van der Waals surface area (Å²) in [6.07, 6.45) is -0.938. The van der Waals surface area contributed by atoms with Crippen molar-refractivity contribution in [3.8, 4) is 0 Å². The molecule has 5 N–H and O–H groups in total. The number of aliphatic hydroxyl groups excluding tert-OH is 2. The van der Waals surface area contributed by atoms with Crippen LogP contribution < -0.4 is 11.1 Å². The Hall–Kier alpha value is -3.19. The van der Waals surface area contributed by atoms with Gasteiger partial charge in [-0.15, -0.1) is 5.10 Å². The summed E-state index contributed by atoms with van der Waals surface area (Å²) in [4.78, 5) is 12.2. The van der Waals surface area contributed by atoms with Crippen molar-refractivity contribution in [3.63, 3.8) is 0 Å². The molecule has 5 rings (SSSR count). The standard InChI is InChI=1S/C17H19N9O3/c18-15-12-16(21-6-20-15)25(8-22-12)17-14(28)13(27)11(29-17)5-19-7-26-10-4-2-1-3-9(10)23-24-26/h1-4,6,8,11,13-14,17,19,27-28H,5,7H2,(H2,18,20,21). The summed E-state index contributed by atoms with van der Waals surface area (Å²) >= 11 is 0. The molecule has 0 amide bonds. The number of para-hydroxylation sites is 1. The van der Waals surface area contributed by atoms with Crippen LogP contribution in [0, 0.1) is 0 Å². The molecule has 1 aliphatic rings. The van der Waals surface area contributed by atoms with Gasteiger partial charge in [0.1, 0.15) is 35.7 Å². The van der Waals surface area contributed by atoms with Crippen LogP contribution in [0.25, 0.3) is 22.2 Å². The second-order valence-corrected chi connectivity index (χ2v) is 6.82. The lowest BCUT2D eigenvalue weighted by molar-refractivity contribution is -0.0345. The highest BCUT2D eigenvalue weighted by atomic mass is 16.6. The largest absolute Gasteiger partial charge is 0.387 e. The quantitative estimate of drug-likeness (QED) is 0.329. The van der Waals surface area contributed by atoms with E-state index in [0.29, 0.717) is 24.4 Å². The van der Waals surface area contributed by atoms with Crippen molar-refractivity contribution in [2.24, 2.45) is 0 Å². The molecule has 1 saturated heterocycles. The van der Waals surface area contributed by atoms with Crippen LogP contribution in [0.4, 0.5) is 5.82 Å². The Morgan fingerprint density at radius 3 is 2.90 bits per heavy atom. The Labute approximate surface area is 164 Å². The Morgan fingerprint density at radius 2 is 2.00 bits per heavy atom. The van der Waals surface area contributed by atoms with Crippen LogP contribution in [0.15, 0.2) is 36.9 Å². The summed E-state index contributed by atoms with van der Waals surface area (Å²) in [6.45, 7) is 0.679. The van der Waals surface area contributed by atoms with E-state index in [2.05, 4.69) is 30.6 Å². The molecule has 12 heteroatoms. The SMILES string of the molecule is Nc1ncnc2c1ncn2C1OC(CNCn2nnc3ccccc32)C(O)C1O. The van der Waals surface area contributed by atoms with Gasteiger partial charge in [-0.25, -0.2) is 19.6 Å². The molecule has 0 spiro atoms. The number of anilines is 1. The average Bonchev–Trinajstić information content (AvgIpc) is 3.41. The Bertz CT molecular complexity index is 1160. The highest BCUT2D eigenvalue weighted by molar-refractivity contribution is 5.81. The van der Waals surface area contributed by atoms with Crippen molar-refractivity contribution >= 4 is 28.0 Å². The number of nitrogens with one attached hydrogen (secondary N) is 1. The van der Waals surface area contributed by atoms with Gasteiger partial charge in [0, 0.05) is 6.54 Å². The van der Waals surface area contributed by atoms with Crippen LogP contribution in [0.5, 0.6) is 0 Å². The van der Waals surface area contributed by atoms with Crippen LogP contribution in [0.3, 0.4) is 0 Å². The molecule has 0 aliphatic carbocycles. The first-order valence-corrected chi connectivity index (χ1v) is 9.07. The van der Waals surface area contributed by atoms with E-state index in [0.717, 1.165) is 11.0 Å². The average molecular weight is 397 g/mol. The zero-order chi connectivity index (χ0) is 20.0. The first-order valence-electron chi connectivity index (χ1n) is 9.07. The van der Waals surface area contributed by atoms with Crippen LogP contribution in [0.2, 0.25) is 0 Å². The lowest BCUT2D eigenvalue weighted by Crippen LogP contribution is -2.38. The fourth-order valence-corrected chi connectivity index (χ4v) is 3.53. The maximum Gasteiger partial charge on any atom is 0.167 e. The maximum absolute atomic E-state index is 10.5. The number of benzene rings is 1. The van der Waals surface area contributed by atoms with E-state index in [1.807, 2.05) is 24.3 Å². The number of nitrogens with zero attached hydrogens (tertiary/aromatic N) is 7. The number of ether oxygens (including phenoxy) is 1. The Kier molecular flexibility index (Phi) is 4.32. The van der Waals surface area contributed by atoms with E-state index < -0.39 is 24.5 Å². The number of nitrogen functional groups attached to an aromatic ring is 1. The van der Waals surface area contributed by atoms with E-state index in [4.69, 9.17) is 10.5 Å². The van der Waals surface area contributed by atoms with Gasteiger partial charge in [-0.2, -0.15) is 0 Å². The second-order valence-electron chi connectivity index (χ2n) is 6.82. The molecule has 4 heterocycles. The number of hydrogen-bond acceptors (Lipinski definition) is 10. The fraction of sp³-hybridized carbons (Fsp3) is 0.353. The van der Waals surface area contributed by atoms with Gasteiger partial charge in [-0.1, -0.05) is 17.3 Å². The first-order chi connectivity index (χ1) is 14.1. The van der Waals surface area contributed by atoms with Gasteiger partial charge in [0.15, 0.2) is 17.7 Å². The van der Waals surface area contributed by atoms with Crippen molar-refractivity contribution in [2.45, 2.75) is 31.2 Å². The molecule has 4 atom stereocenters. The van der Waals surface area contributed by atoms with Crippen molar-refractivity contribution in [1.29, 1.82) is 0 Å². The predicted octanol–water partition coefficient (Wildman–Crippen LogP) is -0.980. The molecule has 1 aliphatic heterocycles. The molecule has 150 valence electrons. The lowest BCUT2D eigenvalue weighted by Gasteiger charge is -2.16. The van der Waals surface area contributed by atoms with Gasteiger partial charge in [-0.3, -0.25) is 9.88 Å². The molecule has 3 aromatic heterocycles. The van der Waals surface area contributed by atoms with Crippen LogP contribution in [0.1, 0.15) is 6.23 Å². The molecule has 0 bridgehead atoms. The number of rotatable bonds is 5. The summed E-state index contributed by atoms with van der Waals surface area (Å²) in [5, 5.41) is 32.3. The molecule has 0 saturated carbocycles. The van der Waals surface area contributed by atoms with Crippen molar-refractivity contribution in [1.82, 2.24) is 39.8 Å². The third-order valence-electron chi connectivity index (χ3n) is 5.03. The minimum Gasteiger partial charge on any atom is -0.387 e. The van der Waals surface area contributed by atoms with Crippen LogP contribution >= 0.6 is 0 Å². The topological polar surface area (TPSA) is 162 Å². The molecular formula is C17H19N9O3. The van der Waals surface area contributed by atoms with Gasteiger partial charge in [0.05, 0.1) is 18.5 Å². The summed E-state index contributed by atoms with van der Waals surface area (Å²) in [7, 11) is 0. The number of aliphatic hydroxyl groups is 2. The summed E-state index contributed by atoms with van der Waals surface area (Å²) in [5.41, 5.74) is 8.34. The molecule has 0 radical (unpaired) electrons. The molecule has 1 fully saturated rings. The normalized spacial score (nSPS) is 24.6. The van der Waals surface area contributed by atoms with Crippen molar-refractivity contribution < 1.29 is 14.9 Å². The third kappa shape index (κ3) is 2.98. The van der Waals surface area contributed by atoms with Gasteiger partial charge in [-0.05, 0) is 12.1 Å². The zero-order valence-electron chi connectivity index (χ0n) is 15.2. The first kappa shape index (κ1) is 17.9. The van der Waals surface area contributed by atoms with E-state index in [-0.39, 0.29) is 5.82 Å². The van der Waals surface area contributed by atoms with Gasteiger partial charge in [0.25, 0.3) is 0 Å². The van der Waals surface area contributed by atoms with E-state index in [1.54, 1.807) is 9.25 Å². The minimum absolute atomic E-state index is 0.236. The van der Waals surface area contributed by atoms with Crippen LogP contribution in [-0.4, -0.2) is 69.6 Å². The minimum atomic E-state index is -1.15. The number of imidazole rings is 1. The van der Waals surface area contributed by atoms with Gasteiger partial charge < -0.3 is 20.7 Å². The highest BCUT2D eigenvalue weighted by Gasteiger charge is 2.44. The van der Waals surface area contributed by atoms with Crippen molar-refractivity contribution in [3.05, 3.63) is 36.9 Å². The van der Waals surface area contributed by atoms with Gasteiger partial charge in [0.2, 0.25) is 0 Å². The zero-order valence-corrected chi connectivity index (χ0v) is 15.2. The van der Waals surface area contributed by atoms with Gasteiger partial charge >= 0.3 is 0 Å². The third-order valence-corrected chi connectivity index (χ3v) is 5.03. The Balaban J connectivity index is 1.29. The predicted molar refractivity (Wildman–Crippen MR) is 101 cm³/mol. The fourth-order valence-electron chi connectivity index (χ4n) is 3.53. The Morgan fingerprint density at radius 1 is 1.14 bits per heavy atom. The highest BCUT2D eigenvalue weighted by Crippen LogP contribution is 2.31. The molecule has 29 heavy (non-hydrogen) atoms. The second kappa shape index (κ2) is 7.00. The monoisotopic (exact) mass is 397 g/mol. The van der Waals surface area contributed by atoms with E-state index in [9.17, 15) is 10.2 Å². The van der Waals surface area contributed by atoms with E-state index >= 15 is 0 Å². The molecule has 1 aromatic carbocycles. The maximum atomic E-state index is 10.5. The summed E-state index contributed by atoms with van der Waals surface area (Å²) < 4.78 is 9.16. The molecule has 4 aromatic rings. The molecule has 4 unspecified atom stereocenters. The number of fused-ring (bicyclic) bond motifs is 2. The van der Waals surface area contributed by atoms with E-state index in [1.165, 1.54) is 12.7 Å². The number of aromatic nitrogens is 7. The summed E-state index contributed by atoms with van der Waals surface area (Å²) in [6, 6.07) is 7.63. The van der Waals surface area contributed by atoms with Crippen LogP contribution in [-0.2, 0) is 11.4 Å². The molecular weight excluding hydrogens is 378 g/mol. The smallest absolute Gasteiger partial charge is 0.167 e. The number of nitrogens with two attached hydrogens (primary N) is 1. The number of hydrogen-bond donors (Lipinski definition) is 4. The summed E-state index contributed by atoms with van der Waals surface area (Å²) in [5.74, 6) is 0.236.